The van der Waals surface area contributed by atoms with Crippen molar-refractivity contribution in [3.63, 3.8) is 0 Å². The molecule has 2 aromatic rings. The van der Waals surface area contributed by atoms with Crippen LogP contribution in [0.5, 0.6) is 5.75 Å². The Hall–Kier alpha value is -2.38. The minimum absolute atomic E-state index is 0.0271. The monoisotopic (exact) mass is 416 g/mol. The first-order valence-electron chi connectivity index (χ1n) is 9.83. The third-order valence-electron chi connectivity index (χ3n) is 5.08. The van der Waals surface area contributed by atoms with Crippen LogP contribution in [0, 0.1) is 0 Å². The van der Waals surface area contributed by atoms with Crippen LogP contribution in [-0.4, -0.2) is 61.1 Å². The molecule has 0 bridgehead atoms. The fraction of sp³-hybridized carbons (Fsp3) is 0.455. The normalized spacial score (nSPS) is 15.9. The third-order valence-corrected chi connectivity index (χ3v) is 6.08. The van der Waals surface area contributed by atoms with E-state index < -0.39 is 0 Å². The first kappa shape index (κ1) is 21.3. The Bertz CT molecular complexity index is 821. The predicted molar refractivity (Wildman–Crippen MR) is 113 cm³/mol. The van der Waals surface area contributed by atoms with Gasteiger partial charge in [-0.3, -0.25) is 9.59 Å². The molecule has 1 atom stereocenters. The van der Waals surface area contributed by atoms with E-state index in [4.69, 9.17) is 9.47 Å². The zero-order chi connectivity index (χ0) is 20.8. The van der Waals surface area contributed by atoms with E-state index in [0.29, 0.717) is 13.2 Å². The van der Waals surface area contributed by atoms with Crippen LogP contribution in [0.4, 0.5) is 0 Å². The molecule has 1 aliphatic rings. The highest BCUT2D eigenvalue weighted by Gasteiger charge is 2.33. The lowest BCUT2D eigenvalue weighted by molar-refractivity contribution is -0.146. The van der Waals surface area contributed by atoms with E-state index in [1.165, 1.54) is 12.0 Å². The third kappa shape index (κ3) is 5.16. The molecule has 156 valence electrons. The molecule has 0 N–H and O–H groups in total. The van der Waals surface area contributed by atoms with Gasteiger partial charge in [0.2, 0.25) is 11.8 Å². The van der Waals surface area contributed by atoms with Crippen LogP contribution in [0.2, 0.25) is 0 Å². The number of benzene rings is 1. The number of carbonyl (C=O) groups excluding carboxylic acids is 2. The number of hydrogen-bond donors (Lipinski definition) is 0. The molecule has 7 heteroatoms. The van der Waals surface area contributed by atoms with Crippen molar-refractivity contribution < 1.29 is 19.1 Å². The van der Waals surface area contributed by atoms with Gasteiger partial charge in [-0.25, -0.2) is 0 Å². The van der Waals surface area contributed by atoms with Crippen molar-refractivity contribution in [2.75, 3.05) is 33.4 Å². The smallest absolute Gasteiger partial charge is 0.249 e. The minimum Gasteiger partial charge on any atom is -0.491 e. The van der Waals surface area contributed by atoms with Crippen molar-refractivity contribution in [2.24, 2.45) is 0 Å². The second-order valence-corrected chi connectivity index (χ2v) is 8.33. The topological polar surface area (TPSA) is 59.1 Å². The van der Waals surface area contributed by atoms with Gasteiger partial charge >= 0.3 is 0 Å². The molecule has 3 rings (SSSR count). The van der Waals surface area contributed by atoms with Crippen LogP contribution >= 0.6 is 11.3 Å². The number of ether oxygens (including phenoxy) is 2. The molecule has 1 aromatic heterocycles. The van der Waals surface area contributed by atoms with Gasteiger partial charge < -0.3 is 19.3 Å². The molecule has 0 saturated heterocycles. The average molecular weight is 417 g/mol. The Kier molecular flexibility index (Phi) is 7.28. The summed E-state index contributed by atoms with van der Waals surface area (Å²) in [5.41, 5.74) is 1.14. The van der Waals surface area contributed by atoms with Gasteiger partial charge in [0, 0.05) is 24.6 Å². The Labute approximate surface area is 176 Å². The van der Waals surface area contributed by atoms with Crippen molar-refractivity contribution in [2.45, 2.75) is 32.4 Å². The largest absolute Gasteiger partial charge is 0.491 e. The summed E-state index contributed by atoms with van der Waals surface area (Å²) in [6, 6.07) is 11.5. The van der Waals surface area contributed by atoms with Gasteiger partial charge in [-0.1, -0.05) is 18.2 Å². The SMILES string of the molecule is COCC(=O)N(CC(=O)N1CCc2sccc2C1COc1ccccc1)C(C)C. The number of hydrogen-bond acceptors (Lipinski definition) is 5. The standard InChI is InChI=1S/C22H28N2O4S/c1-16(2)24(22(26)15-27-3)13-21(25)23-11-9-20-18(10-12-29-20)19(23)14-28-17-7-5-4-6-8-17/h4-8,10,12,16,19H,9,11,13-15H2,1-3H3. The lowest BCUT2D eigenvalue weighted by atomic mass is 10.0. The van der Waals surface area contributed by atoms with E-state index >= 15 is 0 Å². The summed E-state index contributed by atoms with van der Waals surface area (Å²) in [5.74, 6) is 0.532. The molecule has 29 heavy (non-hydrogen) atoms. The van der Waals surface area contributed by atoms with E-state index in [2.05, 4.69) is 11.4 Å². The number of amides is 2. The fourth-order valence-corrected chi connectivity index (χ4v) is 4.50. The summed E-state index contributed by atoms with van der Waals surface area (Å²) in [4.78, 5) is 30.3. The van der Waals surface area contributed by atoms with Gasteiger partial charge in [0.15, 0.2) is 0 Å². The summed E-state index contributed by atoms with van der Waals surface area (Å²) in [5, 5.41) is 2.07. The minimum atomic E-state index is -0.179. The molecule has 2 heterocycles. The summed E-state index contributed by atoms with van der Waals surface area (Å²) < 4.78 is 11.0. The number of carbonyl (C=O) groups is 2. The van der Waals surface area contributed by atoms with E-state index in [1.807, 2.05) is 49.1 Å². The van der Waals surface area contributed by atoms with Gasteiger partial charge in [-0.2, -0.15) is 0 Å². The van der Waals surface area contributed by atoms with Crippen molar-refractivity contribution in [1.82, 2.24) is 9.80 Å². The van der Waals surface area contributed by atoms with E-state index in [9.17, 15) is 9.59 Å². The highest BCUT2D eigenvalue weighted by molar-refractivity contribution is 7.10. The fourth-order valence-electron chi connectivity index (χ4n) is 3.57. The summed E-state index contributed by atoms with van der Waals surface area (Å²) in [6.45, 7) is 4.84. The Morgan fingerprint density at radius 1 is 1.24 bits per heavy atom. The molecule has 0 spiro atoms. The van der Waals surface area contributed by atoms with E-state index in [0.717, 1.165) is 17.7 Å². The lowest BCUT2D eigenvalue weighted by Crippen LogP contribution is -2.50. The number of para-hydroxylation sites is 1. The van der Waals surface area contributed by atoms with Crippen LogP contribution in [0.15, 0.2) is 41.8 Å². The van der Waals surface area contributed by atoms with Crippen molar-refractivity contribution in [3.8, 4) is 5.75 Å². The Balaban J connectivity index is 1.76. The molecule has 6 nitrogen and oxygen atoms in total. The van der Waals surface area contributed by atoms with E-state index in [1.54, 1.807) is 16.2 Å². The Morgan fingerprint density at radius 3 is 2.69 bits per heavy atom. The molecule has 1 aromatic carbocycles. The maximum absolute atomic E-state index is 13.2. The molecule has 0 radical (unpaired) electrons. The Morgan fingerprint density at radius 2 is 2.00 bits per heavy atom. The van der Waals surface area contributed by atoms with Gasteiger partial charge in [0.05, 0.1) is 6.04 Å². The van der Waals surface area contributed by atoms with Crippen LogP contribution in [-0.2, 0) is 20.7 Å². The molecular formula is C22H28N2O4S. The second-order valence-electron chi connectivity index (χ2n) is 7.32. The van der Waals surface area contributed by atoms with Crippen LogP contribution in [0.3, 0.4) is 0 Å². The van der Waals surface area contributed by atoms with Crippen molar-refractivity contribution in [1.29, 1.82) is 0 Å². The number of thiophene rings is 1. The van der Waals surface area contributed by atoms with Gasteiger partial charge in [0.25, 0.3) is 0 Å². The molecule has 0 saturated carbocycles. The molecule has 0 fully saturated rings. The van der Waals surface area contributed by atoms with Crippen LogP contribution < -0.4 is 4.74 Å². The number of methoxy groups -OCH3 is 1. The number of nitrogens with zero attached hydrogens (tertiary/aromatic N) is 2. The predicted octanol–water partition coefficient (Wildman–Crippen LogP) is 3.14. The maximum Gasteiger partial charge on any atom is 0.249 e. The quantitative estimate of drug-likeness (QED) is 0.663. The second kappa shape index (κ2) is 9.89. The molecule has 0 aliphatic carbocycles. The number of fused-ring (bicyclic) bond motifs is 1. The zero-order valence-corrected chi connectivity index (χ0v) is 18.0. The summed E-state index contributed by atoms with van der Waals surface area (Å²) in [7, 11) is 1.48. The summed E-state index contributed by atoms with van der Waals surface area (Å²) in [6.07, 6.45) is 0.828. The maximum atomic E-state index is 13.2. The van der Waals surface area contributed by atoms with Gasteiger partial charge in [0.1, 0.15) is 25.5 Å². The van der Waals surface area contributed by atoms with Crippen molar-refractivity contribution >= 4 is 23.2 Å². The zero-order valence-electron chi connectivity index (χ0n) is 17.2. The van der Waals surface area contributed by atoms with Gasteiger partial charge in [-0.05, 0) is 49.4 Å². The van der Waals surface area contributed by atoms with Crippen molar-refractivity contribution in [3.05, 3.63) is 52.2 Å². The highest BCUT2D eigenvalue weighted by atomic mass is 32.1. The average Bonchev–Trinajstić information content (AvgIpc) is 3.19. The lowest BCUT2D eigenvalue weighted by Gasteiger charge is -2.37. The first-order chi connectivity index (χ1) is 14.0. The molecule has 2 amide bonds. The molecular weight excluding hydrogens is 388 g/mol. The van der Waals surface area contributed by atoms with Gasteiger partial charge in [-0.15, -0.1) is 11.3 Å². The van der Waals surface area contributed by atoms with Crippen LogP contribution in [0.1, 0.15) is 30.3 Å². The van der Waals surface area contributed by atoms with E-state index in [-0.39, 0.29) is 37.0 Å². The summed E-state index contributed by atoms with van der Waals surface area (Å²) >= 11 is 1.72. The first-order valence-corrected chi connectivity index (χ1v) is 10.7. The molecule has 1 unspecified atom stereocenters. The molecule has 1 aliphatic heterocycles. The number of rotatable bonds is 8. The van der Waals surface area contributed by atoms with Crippen LogP contribution in [0.25, 0.3) is 0 Å². The highest BCUT2D eigenvalue weighted by Crippen LogP contribution is 2.34.